The molecule has 0 saturated heterocycles. The Bertz CT molecular complexity index is 482. The Morgan fingerprint density at radius 1 is 1.47 bits per heavy atom. The molecule has 4 N–H and O–H groups in total. The highest BCUT2D eigenvalue weighted by Crippen LogP contribution is 2.30. The summed E-state index contributed by atoms with van der Waals surface area (Å²) in [6.07, 6.45) is 3.13. The van der Waals surface area contributed by atoms with Gasteiger partial charge in [0.05, 0.1) is 18.0 Å². The SMILES string of the molecule is Nc1cnc(S(N)(=O)=O)c(OC2CC2)c1. The number of hydrogen-bond acceptors (Lipinski definition) is 5. The van der Waals surface area contributed by atoms with Gasteiger partial charge in [-0.15, -0.1) is 0 Å². The lowest BCUT2D eigenvalue weighted by Crippen LogP contribution is -2.16. The van der Waals surface area contributed by atoms with E-state index in [0.29, 0.717) is 5.69 Å². The molecule has 0 spiro atoms. The van der Waals surface area contributed by atoms with Gasteiger partial charge in [-0.05, 0) is 12.8 Å². The van der Waals surface area contributed by atoms with Gasteiger partial charge in [-0.2, -0.15) is 0 Å². The standard InChI is InChI=1S/C8H11N3O3S/c9-5-3-7(14-6-1-2-6)8(11-4-5)15(10,12)13/h3-4,6H,1-2,9H2,(H2,10,12,13). The topological polar surface area (TPSA) is 108 Å². The number of primary sulfonamides is 1. The number of ether oxygens (including phenoxy) is 1. The minimum Gasteiger partial charge on any atom is -0.487 e. The van der Waals surface area contributed by atoms with Gasteiger partial charge in [-0.1, -0.05) is 0 Å². The van der Waals surface area contributed by atoms with Crippen LogP contribution in [0.5, 0.6) is 5.75 Å². The van der Waals surface area contributed by atoms with Gasteiger partial charge in [-0.25, -0.2) is 18.5 Å². The molecule has 0 bridgehead atoms. The predicted octanol–water partition coefficient (Wildman–Crippen LogP) is -0.148. The Hall–Kier alpha value is -1.34. The molecule has 1 aromatic heterocycles. The molecule has 0 aromatic carbocycles. The molecule has 2 rings (SSSR count). The van der Waals surface area contributed by atoms with Crippen LogP contribution in [0.2, 0.25) is 0 Å². The smallest absolute Gasteiger partial charge is 0.259 e. The van der Waals surface area contributed by atoms with Crippen LogP contribution in [0.15, 0.2) is 17.3 Å². The first-order valence-electron chi connectivity index (χ1n) is 4.42. The summed E-state index contributed by atoms with van der Waals surface area (Å²) in [5.41, 5.74) is 5.83. The molecule has 1 aliphatic carbocycles. The Balaban J connectivity index is 2.43. The maximum atomic E-state index is 11.2. The third-order valence-electron chi connectivity index (χ3n) is 1.93. The van der Waals surface area contributed by atoms with Gasteiger partial charge < -0.3 is 10.5 Å². The lowest BCUT2D eigenvalue weighted by Gasteiger charge is -2.08. The summed E-state index contributed by atoms with van der Waals surface area (Å²) in [6, 6.07) is 1.42. The second kappa shape index (κ2) is 3.35. The van der Waals surface area contributed by atoms with E-state index in [2.05, 4.69) is 4.98 Å². The summed E-state index contributed by atoms with van der Waals surface area (Å²) < 4.78 is 27.7. The number of nitrogen functional groups attached to an aromatic ring is 1. The predicted molar refractivity (Wildman–Crippen MR) is 53.7 cm³/mol. The van der Waals surface area contributed by atoms with Crippen LogP contribution in [0.1, 0.15) is 12.8 Å². The molecule has 0 atom stereocenters. The number of sulfonamides is 1. The Labute approximate surface area is 87.3 Å². The van der Waals surface area contributed by atoms with Crippen molar-refractivity contribution in [3.63, 3.8) is 0 Å². The van der Waals surface area contributed by atoms with Crippen LogP contribution in [0, 0.1) is 0 Å². The highest BCUT2D eigenvalue weighted by atomic mass is 32.2. The van der Waals surface area contributed by atoms with E-state index in [0.717, 1.165) is 12.8 Å². The van der Waals surface area contributed by atoms with E-state index in [1.54, 1.807) is 0 Å². The van der Waals surface area contributed by atoms with Gasteiger partial charge in [0.2, 0.25) is 5.03 Å². The van der Waals surface area contributed by atoms with Gasteiger partial charge >= 0.3 is 0 Å². The summed E-state index contributed by atoms with van der Waals surface area (Å²) in [4.78, 5) is 3.67. The third kappa shape index (κ3) is 2.37. The highest BCUT2D eigenvalue weighted by Gasteiger charge is 2.27. The number of pyridine rings is 1. The largest absolute Gasteiger partial charge is 0.487 e. The quantitative estimate of drug-likeness (QED) is 0.749. The number of rotatable bonds is 3. The molecule has 1 aromatic rings. The zero-order valence-electron chi connectivity index (χ0n) is 7.88. The van der Waals surface area contributed by atoms with Crippen LogP contribution >= 0.6 is 0 Å². The molecule has 6 nitrogen and oxygen atoms in total. The van der Waals surface area contributed by atoms with Crippen molar-refractivity contribution in [3.05, 3.63) is 12.3 Å². The average Bonchev–Trinajstić information content (AvgIpc) is 2.85. The Morgan fingerprint density at radius 3 is 2.67 bits per heavy atom. The van der Waals surface area contributed by atoms with Crippen molar-refractivity contribution in [1.82, 2.24) is 4.98 Å². The van der Waals surface area contributed by atoms with E-state index in [9.17, 15) is 8.42 Å². The number of nitrogens with zero attached hydrogens (tertiary/aromatic N) is 1. The fourth-order valence-electron chi connectivity index (χ4n) is 1.11. The minimum atomic E-state index is -3.86. The van der Waals surface area contributed by atoms with Gasteiger partial charge in [0.25, 0.3) is 10.0 Å². The lowest BCUT2D eigenvalue weighted by molar-refractivity contribution is 0.292. The molecule has 7 heteroatoms. The Kier molecular flexibility index (Phi) is 2.28. The van der Waals surface area contributed by atoms with Gasteiger partial charge in [-0.3, -0.25) is 0 Å². The average molecular weight is 229 g/mol. The second-order valence-corrected chi connectivity index (χ2v) is 4.91. The van der Waals surface area contributed by atoms with Crippen molar-refractivity contribution in [3.8, 4) is 5.75 Å². The van der Waals surface area contributed by atoms with Crippen molar-refractivity contribution in [2.45, 2.75) is 24.0 Å². The summed E-state index contributed by atoms with van der Waals surface area (Å²) in [6.45, 7) is 0. The van der Waals surface area contributed by atoms with Crippen molar-refractivity contribution < 1.29 is 13.2 Å². The van der Waals surface area contributed by atoms with Crippen LogP contribution in [-0.4, -0.2) is 19.5 Å². The highest BCUT2D eigenvalue weighted by molar-refractivity contribution is 7.89. The van der Waals surface area contributed by atoms with Gasteiger partial charge in [0, 0.05) is 6.07 Å². The summed E-state index contributed by atoms with van der Waals surface area (Å²) in [5.74, 6) is 0.139. The molecule has 15 heavy (non-hydrogen) atoms. The number of hydrogen-bond donors (Lipinski definition) is 2. The monoisotopic (exact) mass is 229 g/mol. The molecule has 0 unspecified atom stereocenters. The van der Waals surface area contributed by atoms with Gasteiger partial charge in [0.1, 0.15) is 0 Å². The van der Waals surface area contributed by atoms with Crippen LogP contribution in [0.4, 0.5) is 5.69 Å². The first kappa shape index (κ1) is 10.2. The van der Waals surface area contributed by atoms with Crippen LogP contribution in [0.25, 0.3) is 0 Å². The molecular formula is C8H11N3O3S. The first-order valence-corrected chi connectivity index (χ1v) is 5.96. The number of nitrogens with two attached hydrogens (primary N) is 2. The van der Waals surface area contributed by atoms with Crippen LogP contribution < -0.4 is 15.6 Å². The zero-order chi connectivity index (χ0) is 11.1. The maximum Gasteiger partial charge on any atom is 0.259 e. The van der Waals surface area contributed by atoms with E-state index in [1.807, 2.05) is 0 Å². The molecular weight excluding hydrogens is 218 g/mol. The van der Waals surface area contributed by atoms with Crippen LogP contribution in [-0.2, 0) is 10.0 Å². The van der Waals surface area contributed by atoms with Crippen molar-refractivity contribution in [2.24, 2.45) is 5.14 Å². The second-order valence-electron chi connectivity index (χ2n) is 3.43. The Morgan fingerprint density at radius 2 is 2.13 bits per heavy atom. The molecule has 82 valence electrons. The van der Waals surface area contributed by atoms with Crippen molar-refractivity contribution >= 4 is 15.7 Å². The molecule has 1 heterocycles. The van der Waals surface area contributed by atoms with E-state index < -0.39 is 10.0 Å². The maximum absolute atomic E-state index is 11.2. The first-order chi connectivity index (χ1) is 6.97. The number of aromatic nitrogens is 1. The van der Waals surface area contributed by atoms with Crippen LogP contribution in [0.3, 0.4) is 0 Å². The summed E-state index contributed by atoms with van der Waals surface area (Å²) >= 11 is 0. The van der Waals surface area contributed by atoms with Crippen molar-refractivity contribution in [1.29, 1.82) is 0 Å². The minimum absolute atomic E-state index is 0.0640. The normalized spacial score (nSPS) is 16.3. The third-order valence-corrected chi connectivity index (χ3v) is 2.77. The zero-order valence-corrected chi connectivity index (χ0v) is 8.70. The summed E-state index contributed by atoms with van der Waals surface area (Å²) in [7, 11) is -3.86. The van der Waals surface area contributed by atoms with E-state index >= 15 is 0 Å². The summed E-state index contributed by atoms with van der Waals surface area (Å²) in [5, 5.41) is 4.73. The molecule has 0 aliphatic heterocycles. The molecule has 1 aliphatic rings. The lowest BCUT2D eigenvalue weighted by atomic mass is 10.4. The van der Waals surface area contributed by atoms with Crippen molar-refractivity contribution in [2.75, 3.05) is 5.73 Å². The fraction of sp³-hybridized carbons (Fsp3) is 0.375. The fourth-order valence-corrected chi connectivity index (χ4v) is 1.70. The van der Waals surface area contributed by atoms with E-state index in [-0.39, 0.29) is 16.9 Å². The molecule has 0 amide bonds. The van der Waals surface area contributed by atoms with E-state index in [4.69, 9.17) is 15.6 Å². The van der Waals surface area contributed by atoms with Gasteiger partial charge in [0.15, 0.2) is 5.75 Å². The molecule has 1 fully saturated rings. The number of anilines is 1. The molecule has 0 radical (unpaired) electrons. The van der Waals surface area contributed by atoms with E-state index in [1.165, 1.54) is 12.3 Å². The molecule has 1 saturated carbocycles.